The molecule has 1 aromatic heterocycles. The van der Waals surface area contributed by atoms with Crippen molar-refractivity contribution in [1.82, 2.24) is 14.5 Å². The minimum atomic E-state index is -0.988. The molecule has 2 aliphatic rings. The Hall–Kier alpha value is -3.55. The van der Waals surface area contributed by atoms with E-state index in [0.29, 0.717) is 18.7 Å². The van der Waals surface area contributed by atoms with Crippen LogP contribution in [0.15, 0.2) is 61.2 Å². The molecule has 0 unspecified atom stereocenters. The summed E-state index contributed by atoms with van der Waals surface area (Å²) in [4.78, 5) is 31.4. The van der Waals surface area contributed by atoms with Crippen LogP contribution in [0.5, 0.6) is 0 Å². The number of aromatic nitrogens is 2. The van der Waals surface area contributed by atoms with Crippen LogP contribution in [0.25, 0.3) is 5.69 Å². The van der Waals surface area contributed by atoms with Crippen LogP contribution in [0.1, 0.15) is 29.6 Å². The van der Waals surface area contributed by atoms with Crippen LogP contribution in [0.4, 0.5) is 14.5 Å². The summed E-state index contributed by atoms with van der Waals surface area (Å²) in [6, 6.07) is 10.8. The molecule has 1 N–H and O–H groups in total. The molecule has 2 aromatic carbocycles. The lowest BCUT2D eigenvalue weighted by molar-refractivity contribution is -0.118. The maximum absolute atomic E-state index is 13.4. The second-order valence-corrected chi connectivity index (χ2v) is 8.55. The van der Waals surface area contributed by atoms with Gasteiger partial charge >= 0.3 is 0 Å². The van der Waals surface area contributed by atoms with Gasteiger partial charge in [-0.25, -0.2) is 13.8 Å². The lowest BCUT2D eigenvalue weighted by Gasteiger charge is -2.33. The Morgan fingerprint density at radius 3 is 2.44 bits per heavy atom. The summed E-state index contributed by atoms with van der Waals surface area (Å²) in [7, 11) is 0. The van der Waals surface area contributed by atoms with Crippen molar-refractivity contribution in [3.05, 3.63) is 78.4 Å². The Balaban J connectivity index is 1.17. The largest absolute Gasteiger partial charge is 0.339 e. The second kappa shape index (κ2) is 7.85. The van der Waals surface area contributed by atoms with E-state index in [1.807, 2.05) is 39.9 Å². The molecule has 6 nitrogen and oxygen atoms in total. The molecular weight excluding hydrogens is 414 g/mol. The van der Waals surface area contributed by atoms with Crippen LogP contribution < -0.4 is 5.32 Å². The van der Waals surface area contributed by atoms with Gasteiger partial charge < -0.3 is 14.8 Å². The smallest absolute Gasteiger partial charge is 0.253 e. The summed E-state index contributed by atoms with van der Waals surface area (Å²) in [5.41, 5.74) is 1.71. The molecule has 5 rings (SSSR count). The van der Waals surface area contributed by atoms with Gasteiger partial charge in [-0.05, 0) is 61.1 Å². The quantitative estimate of drug-likeness (QED) is 0.672. The number of anilines is 1. The SMILES string of the molecule is O=C(Nc1ccc(F)c(F)c1)[C@H]1CC12CCN(C(=O)c1ccc(-n3ccnc3)cc1)CC2. The third-order valence-corrected chi connectivity index (χ3v) is 6.66. The molecule has 3 aromatic rings. The van der Waals surface area contributed by atoms with Crippen molar-refractivity contribution in [3.63, 3.8) is 0 Å². The first kappa shape index (κ1) is 20.4. The molecule has 8 heteroatoms. The van der Waals surface area contributed by atoms with E-state index in [0.717, 1.165) is 37.1 Å². The zero-order valence-corrected chi connectivity index (χ0v) is 17.3. The molecule has 2 fully saturated rings. The summed E-state index contributed by atoms with van der Waals surface area (Å²) in [5, 5.41) is 2.69. The van der Waals surface area contributed by atoms with Crippen molar-refractivity contribution in [2.75, 3.05) is 18.4 Å². The highest BCUT2D eigenvalue weighted by molar-refractivity contribution is 5.96. The Morgan fingerprint density at radius 2 is 1.78 bits per heavy atom. The molecular formula is C24H22F2N4O2. The summed E-state index contributed by atoms with van der Waals surface area (Å²) in [5.74, 6) is -2.29. The van der Waals surface area contributed by atoms with Crippen molar-refractivity contribution in [2.45, 2.75) is 19.3 Å². The molecule has 1 atom stereocenters. The Bertz CT molecular complexity index is 1150. The third kappa shape index (κ3) is 3.77. The van der Waals surface area contributed by atoms with E-state index in [2.05, 4.69) is 10.3 Å². The topological polar surface area (TPSA) is 67.2 Å². The number of halogens is 2. The molecule has 1 aliphatic heterocycles. The van der Waals surface area contributed by atoms with Gasteiger partial charge in [0.2, 0.25) is 5.91 Å². The van der Waals surface area contributed by atoms with E-state index in [4.69, 9.17) is 0 Å². The van der Waals surface area contributed by atoms with E-state index in [1.54, 1.807) is 12.5 Å². The Morgan fingerprint density at radius 1 is 1.03 bits per heavy atom. The van der Waals surface area contributed by atoms with Gasteiger partial charge in [0, 0.05) is 54.4 Å². The Kier molecular flexibility index (Phi) is 5.00. The van der Waals surface area contributed by atoms with Gasteiger partial charge in [-0.3, -0.25) is 9.59 Å². The molecule has 0 radical (unpaired) electrons. The molecule has 2 heterocycles. The molecule has 1 saturated heterocycles. The number of piperidine rings is 1. The number of hydrogen-bond acceptors (Lipinski definition) is 3. The van der Waals surface area contributed by atoms with Gasteiger partial charge in [0.05, 0.1) is 6.33 Å². The van der Waals surface area contributed by atoms with Crippen LogP contribution in [-0.4, -0.2) is 39.4 Å². The first-order chi connectivity index (χ1) is 15.4. The zero-order valence-electron chi connectivity index (χ0n) is 17.3. The number of carbonyl (C=O) groups excluding carboxylic acids is 2. The molecule has 1 spiro atoms. The minimum absolute atomic E-state index is 0.0135. The van der Waals surface area contributed by atoms with Gasteiger partial charge in [-0.15, -0.1) is 0 Å². The first-order valence-corrected chi connectivity index (χ1v) is 10.6. The van der Waals surface area contributed by atoms with Crippen molar-refractivity contribution in [1.29, 1.82) is 0 Å². The predicted octanol–water partition coefficient (Wildman–Crippen LogP) is 4.03. The minimum Gasteiger partial charge on any atom is -0.339 e. The lowest BCUT2D eigenvalue weighted by Crippen LogP contribution is -2.40. The van der Waals surface area contributed by atoms with Gasteiger partial charge in [-0.2, -0.15) is 0 Å². The van der Waals surface area contributed by atoms with Crippen LogP contribution in [0.2, 0.25) is 0 Å². The number of amides is 2. The van der Waals surface area contributed by atoms with Crippen molar-refractivity contribution in [2.24, 2.45) is 11.3 Å². The average molecular weight is 436 g/mol. The van der Waals surface area contributed by atoms with Crippen molar-refractivity contribution in [3.8, 4) is 5.69 Å². The molecule has 1 aliphatic carbocycles. The molecule has 1 saturated carbocycles. The van der Waals surface area contributed by atoms with E-state index >= 15 is 0 Å². The highest BCUT2D eigenvalue weighted by atomic mass is 19.2. The second-order valence-electron chi connectivity index (χ2n) is 8.55. The van der Waals surface area contributed by atoms with E-state index in [-0.39, 0.29) is 28.8 Å². The monoisotopic (exact) mass is 436 g/mol. The van der Waals surface area contributed by atoms with Gasteiger partial charge in [0.15, 0.2) is 11.6 Å². The number of carbonyl (C=O) groups is 2. The van der Waals surface area contributed by atoms with Crippen LogP contribution >= 0.6 is 0 Å². The summed E-state index contributed by atoms with van der Waals surface area (Å²) < 4.78 is 28.3. The fourth-order valence-corrected chi connectivity index (χ4v) is 4.60. The van der Waals surface area contributed by atoms with Crippen LogP contribution in [0, 0.1) is 23.0 Å². The maximum atomic E-state index is 13.4. The van der Waals surface area contributed by atoms with E-state index in [1.165, 1.54) is 6.07 Å². The number of nitrogens with zero attached hydrogens (tertiary/aromatic N) is 3. The zero-order chi connectivity index (χ0) is 22.3. The molecule has 164 valence electrons. The van der Waals surface area contributed by atoms with Gasteiger partial charge in [0.25, 0.3) is 5.91 Å². The van der Waals surface area contributed by atoms with Crippen LogP contribution in [0.3, 0.4) is 0 Å². The highest BCUT2D eigenvalue weighted by Gasteiger charge is 2.58. The fourth-order valence-electron chi connectivity index (χ4n) is 4.60. The number of rotatable bonds is 4. The number of benzene rings is 2. The van der Waals surface area contributed by atoms with Crippen LogP contribution in [-0.2, 0) is 4.79 Å². The van der Waals surface area contributed by atoms with Gasteiger partial charge in [0.1, 0.15) is 0 Å². The highest BCUT2D eigenvalue weighted by Crippen LogP contribution is 2.59. The summed E-state index contributed by atoms with van der Waals surface area (Å²) in [6.45, 7) is 1.19. The summed E-state index contributed by atoms with van der Waals surface area (Å²) >= 11 is 0. The Labute approximate surface area is 183 Å². The number of hydrogen-bond donors (Lipinski definition) is 1. The number of likely N-dealkylation sites (tertiary alicyclic amines) is 1. The number of nitrogens with one attached hydrogen (secondary N) is 1. The molecule has 32 heavy (non-hydrogen) atoms. The molecule has 0 bridgehead atoms. The lowest BCUT2D eigenvalue weighted by atomic mass is 9.90. The predicted molar refractivity (Wildman–Crippen MR) is 114 cm³/mol. The number of imidazole rings is 1. The first-order valence-electron chi connectivity index (χ1n) is 10.6. The fraction of sp³-hybridized carbons (Fsp3) is 0.292. The third-order valence-electron chi connectivity index (χ3n) is 6.66. The average Bonchev–Trinajstić information content (AvgIpc) is 3.23. The summed E-state index contributed by atoms with van der Waals surface area (Å²) in [6.07, 6.45) is 7.50. The van der Waals surface area contributed by atoms with E-state index in [9.17, 15) is 18.4 Å². The van der Waals surface area contributed by atoms with Gasteiger partial charge in [-0.1, -0.05) is 0 Å². The normalized spacial score (nSPS) is 19.1. The standard InChI is InChI=1S/C24H22F2N4O2/c25-20-6-3-17(13-21(20)26)28-22(31)19-14-24(19)7-10-29(11-8-24)23(32)16-1-4-18(5-2-16)30-12-9-27-15-30/h1-6,9,12-13,15,19H,7-8,10-11,14H2,(H,28,31)/t19-/m1/s1. The van der Waals surface area contributed by atoms with E-state index < -0.39 is 11.6 Å². The molecule has 2 amide bonds. The maximum Gasteiger partial charge on any atom is 0.253 e. The van der Waals surface area contributed by atoms with Crippen molar-refractivity contribution >= 4 is 17.5 Å². The van der Waals surface area contributed by atoms with Crippen molar-refractivity contribution < 1.29 is 18.4 Å².